The Morgan fingerprint density at radius 1 is 0.267 bits per heavy atom. The zero-order chi connectivity index (χ0) is 52.2. The van der Waals surface area contributed by atoms with Gasteiger partial charge in [-0.25, -0.2) is 0 Å². The number of carbonyl (C=O) groups is 1. The summed E-state index contributed by atoms with van der Waals surface area (Å²) in [7, 11) is 0. The molecule has 12 bridgehead atoms. The van der Waals surface area contributed by atoms with Crippen molar-refractivity contribution in [2.75, 3.05) is 0 Å². The SMILES string of the molecule is O=CC12CCCCc3ccc(cc3)CCCCC3(C=Nc4ccccc4)C45c6c7c8c9c%10c%11c%12c%13c%14c%15c%16c(c-7c7c%17c%18c(c%19c%20c4c4c6c9c6c%10c9c%12c%10c%12c%13c%13c%15c(c%16%17)c%15c%18c%16c%19c%17c%20c%18c4c6c4c9c%10c6c(c%184)c%17c4c%16c%15c%13c%12c46)C735)C81C%11%142. The van der Waals surface area contributed by atoms with Gasteiger partial charge in [0.05, 0.1) is 21.9 Å². The lowest BCUT2D eigenvalue weighted by molar-refractivity contribution is -0.113. The Balaban J connectivity index is 0.973. The molecule has 3 atom stereocenters. The lowest BCUT2D eigenvalue weighted by Crippen LogP contribution is -2.28. The topological polar surface area (TPSA) is 29.4 Å². The van der Waals surface area contributed by atoms with Crippen molar-refractivity contribution in [1.29, 1.82) is 0 Å². The smallest absolute Gasteiger partial charge is 0.128 e. The number of para-hydroxylation sites is 1. The average molecular weight is 1070 g/mol. The highest BCUT2D eigenvalue weighted by Gasteiger charge is 2.99. The molecule has 2 heteroatoms. The van der Waals surface area contributed by atoms with E-state index in [0.717, 1.165) is 57.1 Å². The van der Waals surface area contributed by atoms with Crippen LogP contribution in [0.1, 0.15) is 94.2 Å². The maximum atomic E-state index is 16.6. The largest absolute Gasteiger partial charge is 0.303 e. The maximum absolute atomic E-state index is 16.6. The molecule has 14 aliphatic rings. The van der Waals surface area contributed by atoms with Crippen LogP contribution in [0.3, 0.4) is 0 Å². The molecule has 4 spiro atoms. The Bertz CT molecular complexity index is 7830. The van der Waals surface area contributed by atoms with E-state index in [4.69, 9.17) is 4.99 Å². The van der Waals surface area contributed by atoms with E-state index in [1.165, 1.54) is 11.1 Å². The fourth-order valence-electron chi connectivity index (χ4n) is 31.4. The number of aryl methyl sites for hydroxylation is 2. The molecule has 2 nitrogen and oxygen atoms in total. The van der Waals surface area contributed by atoms with E-state index in [0.29, 0.717) is 0 Å². The molecule has 0 amide bonds. The third-order valence-electron chi connectivity index (χ3n) is 31.7. The number of hydrogen-bond acceptors (Lipinski definition) is 2. The predicted molar refractivity (Wildman–Crippen MR) is 353 cm³/mol. The summed E-state index contributed by atoms with van der Waals surface area (Å²) in [6.07, 6.45) is 13.0. The standard InChI is InChI=1S/C84H27NO/c86-19-80-17-7-5-9-21-14-12-20(13-15-21)8-4-6-16-79(18-85-22-10-2-1-3-11-22)81-71-57-51-40-32-25-23-24-26-31(25)44(51)52-41-33(26)30-35-28(24)37-36-27(23)34-29(32)38-45-53-42(34)47(36)59-60-48(37)43(35)54-46-39(30)50(41)62-66-56(46)68-64(54)74(60)83(80)73(59)63(53)67-55(45)65(61(71)49(38)40)75(81)69-70(78(68)84(80,83)77(67)69)76(66)82(79,81)72(62)58(52)57/h1-3,10-15,18-19H,4-9,16-17H2. The van der Waals surface area contributed by atoms with Crippen molar-refractivity contribution in [2.45, 2.75) is 73.0 Å². The second-order valence-corrected chi connectivity index (χ2v) is 31.9. The minimum atomic E-state index is -0.646. The second kappa shape index (κ2) is 8.39. The van der Waals surface area contributed by atoms with Crippen LogP contribution in [0.25, 0.3) is 259 Å². The van der Waals surface area contributed by atoms with Gasteiger partial charge in [-0.2, -0.15) is 0 Å². The molecular weight excluding hydrogens is 1040 g/mol. The number of benzene rings is 18. The Labute approximate surface area is 478 Å². The zero-order valence-corrected chi connectivity index (χ0v) is 45.4. The van der Waals surface area contributed by atoms with Crippen molar-refractivity contribution >= 4 is 266 Å². The fraction of sp³-hybridized carbons (Fsp3) is 0.167. The van der Waals surface area contributed by atoms with E-state index in [9.17, 15) is 0 Å². The molecule has 0 radical (unpaired) electrons. The summed E-state index contributed by atoms with van der Waals surface area (Å²) in [5.74, 6) is 0. The fourth-order valence-corrected chi connectivity index (χ4v) is 31.4. The quantitative estimate of drug-likeness (QED) is 0.0985. The van der Waals surface area contributed by atoms with Gasteiger partial charge in [-0.3, -0.25) is 4.99 Å². The molecule has 2 saturated carbocycles. The van der Waals surface area contributed by atoms with Gasteiger partial charge in [-0.1, -0.05) is 55.3 Å². The molecule has 26 aromatic rings. The molecule has 14 aliphatic carbocycles. The minimum absolute atomic E-state index is 0.365. The van der Waals surface area contributed by atoms with E-state index < -0.39 is 16.2 Å². The van der Waals surface area contributed by atoms with Gasteiger partial charge >= 0.3 is 0 Å². The molecule has 374 valence electrons. The van der Waals surface area contributed by atoms with Crippen molar-refractivity contribution in [3.63, 3.8) is 0 Å². The van der Waals surface area contributed by atoms with Gasteiger partial charge in [0, 0.05) is 22.5 Å². The third-order valence-corrected chi connectivity index (χ3v) is 31.7. The van der Waals surface area contributed by atoms with Crippen LogP contribution in [-0.4, -0.2) is 12.5 Å². The van der Waals surface area contributed by atoms with Gasteiger partial charge in [0.2, 0.25) is 0 Å². The Morgan fingerprint density at radius 2 is 0.512 bits per heavy atom. The van der Waals surface area contributed by atoms with E-state index in [2.05, 4.69) is 60.8 Å². The first kappa shape index (κ1) is 35.1. The van der Waals surface area contributed by atoms with Gasteiger partial charge in [0.15, 0.2) is 0 Å². The molecule has 0 N–H and O–H groups in total. The van der Waals surface area contributed by atoms with Crippen molar-refractivity contribution in [3.8, 4) is 11.1 Å². The van der Waals surface area contributed by atoms with E-state index in [1.54, 1.807) is 310 Å². The lowest BCUT2D eigenvalue weighted by atomic mass is 9.66. The van der Waals surface area contributed by atoms with Crippen LogP contribution < -0.4 is 0 Å². The van der Waals surface area contributed by atoms with E-state index in [-0.39, 0.29) is 16.2 Å². The molecule has 3 unspecified atom stereocenters. The maximum Gasteiger partial charge on any atom is 0.128 e. The van der Waals surface area contributed by atoms with Crippen molar-refractivity contribution in [2.24, 2.45) is 15.8 Å². The van der Waals surface area contributed by atoms with Gasteiger partial charge in [-0.15, -0.1) is 0 Å². The zero-order valence-electron chi connectivity index (χ0n) is 45.4. The summed E-state index contributed by atoms with van der Waals surface area (Å²) in [4.78, 5) is 22.6. The monoisotopic (exact) mass is 1070 g/mol. The number of nitrogens with zero attached hydrogens (tertiary/aromatic N) is 1. The van der Waals surface area contributed by atoms with Gasteiger partial charge < -0.3 is 4.79 Å². The van der Waals surface area contributed by atoms with E-state index in [1.807, 2.05) is 0 Å². The first-order valence-electron chi connectivity index (χ1n) is 32.9. The summed E-state index contributed by atoms with van der Waals surface area (Å²) in [5.41, 5.74) is 18.0. The minimum Gasteiger partial charge on any atom is -0.303 e. The Kier molecular flexibility index (Phi) is 3.42. The summed E-state index contributed by atoms with van der Waals surface area (Å²) >= 11 is 0. The third kappa shape index (κ3) is 1.97. The van der Waals surface area contributed by atoms with Crippen LogP contribution in [0.5, 0.6) is 0 Å². The summed E-state index contributed by atoms with van der Waals surface area (Å²) < 4.78 is 0. The Morgan fingerprint density at radius 3 is 0.814 bits per heavy atom. The highest BCUT2D eigenvalue weighted by atomic mass is 16.1. The highest BCUT2D eigenvalue weighted by molar-refractivity contribution is 6.79. The average Bonchev–Trinajstić information content (AvgIpc) is 1.35. The van der Waals surface area contributed by atoms with Crippen LogP contribution >= 0.6 is 0 Å². The molecule has 0 saturated heterocycles. The van der Waals surface area contributed by atoms with Gasteiger partial charge in [0.1, 0.15) is 6.29 Å². The molecule has 0 aromatic heterocycles. The van der Waals surface area contributed by atoms with Crippen LogP contribution in [-0.2, 0) is 39.3 Å². The number of hydrogen-bond donors (Lipinski definition) is 0. The Hall–Kier alpha value is -9.50. The van der Waals surface area contributed by atoms with Crippen LogP contribution in [0.15, 0.2) is 59.6 Å². The molecule has 40 rings (SSSR count). The summed E-state index contributed by atoms with van der Waals surface area (Å²) in [5, 5.41) is 75.1. The second-order valence-electron chi connectivity index (χ2n) is 31.9. The molecule has 86 heavy (non-hydrogen) atoms. The first-order valence-corrected chi connectivity index (χ1v) is 32.9. The highest BCUT2D eigenvalue weighted by Crippen LogP contribution is 3.02. The number of rotatable bonds is 3. The van der Waals surface area contributed by atoms with Gasteiger partial charge in [-0.05, 0) is 365 Å². The number of aldehydes is 1. The van der Waals surface area contributed by atoms with Crippen LogP contribution in [0.4, 0.5) is 5.69 Å². The number of aliphatic imine (C=N–C) groups is 1. The molecule has 0 aliphatic heterocycles. The molecular formula is C84H27NO. The van der Waals surface area contributed by atoms with Crippen molar-refractivity contribution < 1.29 is 4.79 Å². The van der Waals surface area contributed by atoms with Gasteiger partial charge in [0.25, 0.3) is 0 Å². The summed E-state index contributed by atoms with van der Waals surface area (Å²) in [6.45, 7) is 0. The number of carbonyl (C=O) groups excluding carboxylic acids is 1. The first-order chi connectivity index (χ1) is 42.8. The van der Waals surface area contributed by atoms with E-state index >= 15 is 4.79 Å². The normalized spacial score (nSPS) is 29.3. The molecule has 2 fully saturated rings. The van der Waals surface area contributed by atoms with Crippen LogP contribution in [0.2, 0.25) is 0 Å². The van der Waals surface area contributed by atoms with Crippen molar-refractivity contribution in [3.05, 3.63) is 110 Å². The lowest BCUT2D eigenvalue weighted by Gasteiger charge is -2.34. The molecule has 0 heterocycles. The van der Waals surface area contributed by atoms with Crippen molar-refractivity contribution in [1.82, 2.24) is 0 Å². The van der Waals surface area contributed by atoms with Crippen LogP contribution in [0, 0.1) is 10.8 Å². The summed E-state index contributed by atoms with van der Waals surface area (Å²) in [6, 6.07) is 21.1. The molecule has 26 aromatic carbocycles. The predicted octanol–water partition coefficient (Wildman–Crippen LogP) is 20.6.